The molecular weight excluding hydrogens is 328 g/mol. The molecule has 0 aliphatic rings. The molecule has 1 aromatic carbocycles. The summed E-state index contributed by atoms with van der Waals surface area (Å²) in [5.41, 5.74) is 3.72. The second kappa shape index (κ2) is 7.07. The summed E-state index contributed by atoms with van der Waals surface area (Å²) in [5, 5.41) is 0. The van der Waals surface area contributed by atoms with Gasteiger partial charge in [0, 0.05) is 6.54 Å². The predicted octanol–water partition coefficient (Wildman–Crippen LogP) is -1.59. The van der Waals surface area contributed by atoms with Crippen LogP contribution >= 0.6 is 0 Å². The molecule has 108 valence electrons. The molecule has 0 unspecified atom stereocenters. The number of rotatable bonds is 4. The maximum atomic E-state index is 13.0. The van der Waals surface area contributed by atoms with Gasteiger partial charge in [0.15, 0.2) is 0 Å². The van der Waals surface area contributed by atoms with Crippen LogP contribution in [0.15, 0.2) is 6.07 Å². The number of halogens is 4. The van der Waals surface area contributed by atoms with Crippen LogP contribution in [0.1, 0.15) is 16.7 Å². The maximum absolute atomic E-state index is 13.0. The molecule has 0 spiro atoms. The fraction of sp³-hybridized carbons (Fsp3) is 0.333. The van der Waals surface area contributed by atoms with Crippen molar-refractivity contribution in [2.75, 3.05) is 0 Å². The van der Waals surface area contributed by atoms with Crippen LogP contribution in [0.5, 0.6) is 5.75 Å². The topological polar surface area (TPSA) is 69.4 Å². The van der Waals surface area contributed by atoms with Crippen molar-refractivity contribution in [1.29, 1.82) is 0 Å². The zero-order chi connectivity index (χ0) is 15.0. The third-order valence-electron chi connectivity index (χ3n) is 2.70. The van der Waals surface area contributed by atoms with Crippen LogP contribution < -0.4 is 66.8 Å². The minimum Gasteiger partial charge on any atom is -0.445 e. The van der Waals surface area contributed by atoms with Gasteiger partial charge in [-0.05, 0) is 31.0 Å². The molecule has 0 radical (unpaired) electrons. The molecule has 0 aliphatic heterocycles. The molecule has 11 heteroatoms. The van der Waals surface area contributed by atoms with E-state index in [-0.39, 0.29) is 69.1 Å². The van der Waals surface area contributed by atoms with Gasteiger partial charge < -0.3 is 22.9 Å². The van der Waals surface area contributed by atoms with Crippen molar-refractivity contribution in [3.8, 4) is 5.75 Å². The van der Waals surface area contributed by atoms with Crippen LogP contribution in [0.25, 0.3) is 0 Å². The number of benzene rings is 1. The molecule has 20 heavy (non-hydrogen) atoms. The van der Waals surface area contributed by atoms with E-state index in [4.69, 9.17) is 5.73 Å². The molecule has 0 aliphatic carbocycles. The Morgan fingerprint density at radius 3 is 2.10 bits per heavy atom. The Hall–Kier alpha value is 0.351. The molecule has 0 amide bonds. The van der Waals surface area contributed by atoms with Gasteiger partial charge in [0.25, 0.3) is 0 Å². The largest absolute Gasteiger partial charge is 1.00 e. The molecule has 0 atom stereocenters. The van der Waals surface area contributed by atoms with Gasteiger partial charge in [-0.1, -0.05) is 14.9 Å². The summed E-state index contributed by atoms with van der Waals surface area (Å²) >= 11 is 0. The summed E-state index contributed by atoms with van der Waals surface area (Å²) in [4.78, 5) is 0. The van der Waals surface area contributed by atoms with E-state index >= 15 is 0 Å². The molecule has 0 heterocycles. The van der Waals surface area contributed by atoms with Gasteiger partial charge in [-0.15, -0.1) is 0 Å². The van der Waals surface area contributed by atoms with E-state index in [2.05, 4.69) is 4.18 Å². The SMILES string of the molecule is Cc1c(CN)cc(OS(=O)(=O)F)c(C)c1[B-](F)(F)F.[K+]. The third-order valence-corrected chi connectivity index (χ3v) is 3.08. The van der Waals surface area contributed by atoms with Crippen LogP contribution in [0, 0.1) is 13.8 Å². The molecule has 0 aromatic heterocycles. The molecule has 2 N–H and O–H groups in total. The summed E-state index contributed by atoms with van der Waals surface area (Å²) in [6.07, 6.45) is 0. The van der Waals surface area contributed by atoms with Crippen molar-refractivity contribution in [1.82, 2.24) is 0 Å². The standard InChI is InChI=1S/C9H11BF4NO3S.K/c1-5-7(4-15)3-8(18-19(14,16)17)6(2)9(5)10(11,12)13;/h3H,4,15H2,1-2H3;/q-1;+1. The van der Waals surface area contributed by atoms with Crippen LogP contribution in [0.2, 0.25) is 0 Å². The molecule has 4 nitrogen and oxygen atoms in total. The Morgan fingerprint density at radius 1 is 1.25 bits per heavy atom. The number of hydrogen-bond donors (Lipinski definition) is 1. The zero-order valence-electron chi connectivity index (χ0n) is 11.1. The van der Waals surface area contributed by atoms with Crippen LogP contribution in [-0.4, -0.2) is 15.4 Å². The second-order valence-corrected chi connectivity index (χ2v) is 4.91. The van der Waals surface area contributed by atoms with E-state index in [0.717, 1.165) is 13.0 Å². The first kappa shape index (κ1) is 20.4. The van der Waals surface area contributed by atoms with Crippen molar-refractivity contribution in [2.24, 2.45) is 5.73 Å². The monoisotopic (exact) mass is 339 g/mol. The first-order chi connectivity index (χ1) is 8.47. The molecule has 0 saturated carbocycles. The second-order valence-electron chi connectivity index (χ2n) is 3.95. The number of nitrogens with two attached hydrogens (primary N) is 1. The smallest absolute Gasteiger partial charge is 0.445 e. The molecule has 1 rings (SSSR count). The molecule has 0 saturated heterocycles. The van der Waals surface area contributed by atoms with Crippen molar-refractivity contribution >= 4 is 22.9 Å². The zero-order valence-corrected chi connectivity index (χ0v) is 15.0. The molecule has 0 fully saturated rings. The fourth-order valence-corrected chi connectivity index (χ4v) is 2.25. The summed E-state index contributed by atoms with van der Waals surface area (Å²) < 4.78 is 76.1. The Morgan fingerprint density at radius 2 is 1.75 bits per heavy atom. The van der Waals surface area contributed by atoms with E-state index in [1.807, 2.05) is 0 Å². The van der Waals surface area contributed by atoms with Gasteiger partial charge in [0.2, 0.25) is 0 Å². The summed E-state index contributed by atoms with van der Waals surface area (Å²) in [7, 11) is -5.40. The molecule has 1 aromatic rings. The van der Waals surface area contributed by atoms with Gasteiger partial charge in [0.05, 0.1) is 0 Å². The Labute approximate surface area is 157 Å². The van der Waals surface area contributed by atoms with Crippen LogP contribution in [0.3, 0.4) is 0 Å². The van der Waals surface area contributed by atoms with Crippen molar-refractivity contribution < 1.29 is 80.8 Å². The van der Waals surface area contributed by atoms with Crippen molar-refractivity contribution in [2.45, 2.75) is 20.4 Å². The number of hydrogen-bond acceptors (Lipinski definition) is 4. The maximum Gasteiger partial charge on any atom is 1.00 e. The van der Waals surface area contributed by atoms with E-state index in [0.29, 0.717) is 0 Å². The summed E-state index contributed by atoms with van der Waals surface area (Å²) in [6, 6.07) is 0.993. The average molecular weight is 339 g/mol. The Bertz CT molecular complexity index is 606. The third kappa shape index (κ3) is 4.97. The quantitative estimate of drug-likeness (QED) is 0.408. The van der Waals surface area contributed by atoms with Crippen LogP contribution in [0.4, 0.5) is 16.8 Å². The Kier molecular flexibility index (Phi) is 7.20. The van der Waals surface area contributed by atoms with Gasteiger partial charge in [-0.25, -0.2) is 0 Å². The van der Waals surface area contributed by atoms with E-state index in [1.165, 1.54) is 6.92 Å². The van der Waals surface area contributed by atoms with Crippen LogP contribution in [-0.2, 0) is 17.0 Å². The average Bonchev–Trinajstić information content (AvgIpc) is 2.18. The minimum absolute atomic E-state index is 0. The summed E-state index contributed by atoms with van der Waals surface area (Å²) in [6.45, 7) is -3.43. The van der Waals surface area contributed by atoms with Gasteiger partial charge >= 0.3 is 68.9 Å². The van der Waals surface area contributed by atoms with Gasteiger partial charge in [-0.3, -0.25) is 0 Å². The summed E-state index contributed by atoms with van der Waals surface area (Å²) in [5.74, 6) is -0.706. The first-order valence-corrected chi connectivity index (χ1v) is 6.45. The van der Waals surface area contributed by atoms with Crippen molar-refractivity contribution in [3.05, 3.63) is 22.8 Å². The van der Waals surface area contributed by atoms with Crippen molar-refractivity contribution in [3.63, 3.8) is 0 Å². The minimum atomic E-state index is -5.40. The van der Waals surface area contributed by atoms with E-state index in [9.17, 15) is 25.3 Å². The molecule has 0 bridgehead atoms. The fourth-order valence-electron chi connectivity index (χ4n) is 1.86. The van der Waals surface area contributed by atoms with E-state index < -0.39 is 34.3 Å². The Balaban J connectivity index is 0.00000361. The first-order valence-electron chi connectivity index (χ1n) is 5.14. The van der Waals surface area contributed by atoms with E-state index in [1.54, 1.807) is 0 Å². The van der Waals surface area contributed by atoms with Gasteiger partial charge in [-0.2, -0.15) is 8.42 Å². The molecular formula is C9H11BF4KNO3S. The predicted molar refractivity (Wildman–Crippen MR) is 63.2 cm³/mol. The normalized spacial score (nSPS) is 11.9. The van der Waals surface area contributed by atoms with Gasteiger partial charge in [0.1, 0.15) is 5.75 Å².